The normalized spacial score (nSPS) is 11.7. The zero-order chi connectivity index (χ0) is 32.3. The Hall–Kier alpha value is -5.74. The van der Waals surface area contributed by atoms with Gasteiger partial charge in [0, 0.05) is 46.9 Å². The largest absolute Gasteiger partial charge is 0.308 e. The molecule has 0 aliphatic carbocycles. The van der Waals surface area contributed by atoms with E-state index >= 15 is 0 Å². The van der Waals surface area contributed by atoms with Crippen LogP contribution < -0.4 is 4.90 Å². The van der Waals surface area contributed by atoms with Crippen LogP contribution in [0.5, 0.6) is 0 Å². The summed E-state index contributed by atoms with van der Waals surface area (Å²) in [5.74, 6) is 0. The van der Waals surface area contributed by atoms with E-state index in [0.717, 1.165) is 11.4 Å². The van der Waals surface area contributed by atoms with Crippen LogP contribution in [-0.2, 0) is 0 Å². The summed E-state index contributed by atoms with van der Waals surface area (Å²) in [6.07, 6.45) is 0. The molecule has 3 heteroatoms. The van der Waals surface area contributed by atoms with E-state index in [2.05, 4.69) is 181 Å². The lowest BCUT2D eigenvalue weighted by molar-refractivity contribution is 1.30. The highest BCUT2D eigenvalue weighted by atomic mass is 32.1. The van der Waals surface area contributed by atoms with Gasteiger partial charge in [-0.1, -0.05) is 127 Å². The molecule has 0 unspecified atom stereocenters. The van der Waals surface area contributed by atoms with Crippen LogP contribution in [0.15, 0.2) is 176 Å². The molecule has 0 radical (unpaired) electrons. The highest BCUT2D eigenvalue weighted by Crippen LogP contribution is 2.48. The predicted octanol–water partition coefficient (Wildman–Crippen LogP) is 14.4. The Balaban J connectivity index is 1.19. The summed E-state index contributed by atoms with van der Waals surface area (Å²) in [5.41, 5.74) is 8.35. The fourth-order valence-electron chi connectivity index (χ4n) is 7.39. The number of nitrogens with zero attached hydrogens (tertiary/aromatic N) is 1. The zero-order valence-electron chi connectivity index (χ0n) is 26.5. The van der Waals surface area contributed by atoms with Crippen molar-refractivity contribution in [1.82, 2.24) is 0 Å². The summed E-state index contributed by atoms with van der Waals surface area (Å²) >= 11 is 3.74. The molecule has 230 valence electrons. The monoisotopic (exact) mass is 659 g/mol. The molecule has 0 atom stereocenters. The van der Waals surface area contributed by atoms with E-state index in [1.165, 1.54) is 79.1 Å². The van der Waals surface area contributed by atoms with Gasteiger partial charge < -0.3 is 4.90 Å². The smallest absolute Gasteiger partial charge is 0.0640 e. The average molecular weight is 660 g/mol. The minimum absolute atomic E-state index is 1.13. The predicted molar refractivity (Wildman–Crippen MR) is 215 cm³/mol. The summed E-state index contributed by atoms with van der Waals surface area (Å²) in [4.78, 5) is 2.47. The maximum absolute atomic E-state index is 2.47. The molecule has 0 amide bonds. The van der Waals surface area contributed by atoms with Crippen molar-refractivity contribution in [2.75, 3.05) is 4.90 Å². The fraction of sp³-hybridized carbons (Fsp3) is 0. The van der Waals surface area contributed by atoms with E-state index in [0.29, 0.717) is 0 Å². The van der Waals surface area contributed by atoms with Crippen molar-refractivity contribution in [2.24, 2.45) is 0 Å². The lowest BCUT2D eigenvalue weighted by Gasteiger charge is -2.28. The van der Waals surface area contributed by atoms with Crippen molar-refractivity contribution in [1.29, 1.82) is 0 Å². The van der Waals surface area contributed by atoms with E-state index in [9.17, 15) is 0 Å². The molecule has 1 nitrogen and oxygen atoms in total. The van der Waals surface area contributed by atoms with E-state index in [1.807, 2.05) is 22.7 Å². The van der Waals surface area contributed by atoms with Gasteiger partial charge in [-0.05, 0) is 76.0 Å². The van der Waals surface area contributed by atoms with Crippen molar-refractivity contribution < 1.29 is 0 Å². The second-order valence-electron chi connectivity index (χ2n) is 12.5. The summed E-state index contributed by atoms with van der Waals surface area (Å²) in [6, 6.07) is 64.5. The molecule has 2 aromatic heterocycles. The molecule has 2 heterocycles. The Kier molecular flexibility index (Phi) is 6.61. The second kappa shape index (κ2) is 11.5. The number of hydrogen-bond donors (Lipinski definition) is 0. The van der Waals surface area contributed by atoms with Crippen molar-refractivity contribution in [3.8, 4) is 22.3 Å². The van der Waals surface area contributed by atoms with Crippen LogP contribution in [0.25, 0.3) is 73.4 Å². The molecule has 0 aliphatic rings. The van der Waals surface area contributed by atoms with Crippen LogP contribution in [0.2, 0.25) is 0 Å². The molecule has 49 heavy (non-hydrogen) atoms. The van der Waals surface area contributed by atoms with Gasteiger partial charge >= 0.3 is 0 Å². The molecule has 10 aromatic rings. The third-order valence-corrected chi connectivity index (χ3v) is 12.0. The number of para-hydroxylation sites is 1. The van der Waals surface area contributed by atoms with Crippen LogP contribution >= 0.6 is 22.7 Å². The Morgan fingerprint density at radius 3 is 1.78 bits per heavy atom. The van der Waals surface area contributed by atoms with Crippen LogP contribution in [0, 0.1) is 0 Å². The Morgan fingerprint density at radius 1 is 0.347 bits per heavy atom. The highest BCUT2D eigenvalue weighted by Gasteiger charge is 2.21. The summed E-state index contributed by atoms with van der Waals surface area (Å²) < 4.78 is 5.24. The fourth-order valence-corrected chi connectivity index (χ4v) is 9.68. The Labute approximate surface area is 292 Å². The first kappa shape index (κ1) is 28.3. The first-order chi connectivity index (χ1) is 24.3. The van der Waals surface area contributed by atoms with E-state index < -0.39 is 0 Å². The van der Waals surface area contributed by atoms with Crippen LogP contribution in [-0.4, -0.2) is 0 Å². The maximum Gasteiger partial charge on any atom is 0.0640 e. The Bertz CT molecular complexity index is 2830. The summed E-state index contributed by atoms with van der Waals surface area (Å²) in [7, 11) is 0. The number of fused-ring (bicyclic) bond motifs is 7. The van der Waals surface area contributed by atoms with Crippen LogP contribution in [0.4, 0.5) is 17.1 Å². The molecule has 0 bridgehead atoms. The van der Waals surface area contributed by atoms with Gasteiger partial charge in [0.15, 0.2) is 0 Å². The van der Waals surface area contributed by atoms with Crippen LogP contribution in [0.3, 0.4) is 0 Å². The van der Waals surface area contributed by atoms with Crippen molar-refractivity contribution in [3.05, 3.63) is 176 Å². The maximum atomic E-state index is 2.47. The first-order valence-electron chi connectivity index (χ1n) is 16.6. The van der Waals surface area contributed by atoms with E-state index in [1.54, 1.807) is 0 Å². The highest BCUT2D eigenvalue weighted by molar-refractivity contribution is 7.26. The van der Waals surface area contributed by atoms with Gasteiger partial charge in [-0.3, -0.25) is 0 Å². The topological polar surface area (TPSA) is 3.24 Å². The van der Waals surface area contributed by atoms with Gasteiger partial charge in [0.05, 0.1) is 16.1 Å². The zero-order valence-corrected chi connectivity index (χ0v) is 28.1. The molecule has 0 aliphatic heterocycles. The average Bonchev–Trinajstić information content (AvgIpc) is 3.74. The number of hydrogen-bond acceptors (Lipinski definition) is 3. The van der Waals surface area contributed by atoms with Gasteiger partial charge in [0.25, 0.3) is 0 Å². The molecule has 0 saturated carbocycles. The minimum Gasteiger partial charge on any atom is -0.308 e. The summed E-state index contributed by atoms with van der Waals surface area (Å²) in [5, 5.41) is 7.75. The molecule has 0 N–H and O–H groups in total. The summed E-state index contributed by atoms with van der Waals surface area (Å²) in [6.45, 7) is 0. The number of thiophene rings is 2. The van der Waals surface area contributed by atoms with Gasteiger partial charge in [0.1, 0.15) is 0 Å². The minimum atomic E-state index is 1.13. The number of rotatable bonds is 5. The van der Waals surface area contributed by atoms with Crippen molar-refractivity contribution in [2.45, 2.75) is 0 Å². The molecule has 10 rings (SSSR count). The molecule has 0 saturated heterocycles. The van der Waals surface area contributed by atoms with Gasteiger partial charge in [-0.25, -0.2) is 0 Å². The quantitative estimate of drug-likeness (QED) is 0.178. The SMILES string of the molecule is c1ccc(N(c2ccc(-c3cccc4ccccc34)cc2)c2cccc3c2sc2ccccc23)c(-c2ccc3sc4ccccc4c3c2)c1. The lowest BCUT2D eigenvalue weighted by Crippen LogP contribution is -2.11. The van der Waals surface area contributed by atoms with Crippen molar-refractivity contribution in [3.63, 3.8) is 0 Å². The Morgan fingerprint density at radius 2 is 0.918 bits per heavy atom. The molecule has 0 spiro atoms. The van der Waals surface area contributed by atoms with Gasteiger partial charge in [-0.2, -0.15) is 0 Å². The third kappa shape index (κ3) is 4.66. The van der Waals surface area contributed by atoms with E-state index in [-0.39, 0.29) is 0 Å². The molecular weight excluding hydrogens is 631 g/mol. The standard InChI is InChI=1S/C46H29NS2/c1-2-13-34-30(11-1)12-9-17-35(34)31-23-26-33(27-24-31)47(42-20-10-18-39-37-15-4-8-22-44(37)49-46(39)42)41-19-6-3-14-36(41)32-25-28-45-40(29-32)38-16-5-7-21-43(38)48-45/h1-29H. The molecule has 8 aromatic carbocycles. The molecular formula is C46H29NS2. The third-order valence-electron chi connectivity index (χ3n) is 9.68. The first-order valence-corrected chi connectivity index (χ1v) is 18.2. The number of anilines is 3. The van der Waals surface area contributed by atoms with Gasteiger partial charge in [-0.15, -0.1) is 22.7 Å². The lowest BCUT2D eigenvalue weighted by atomic mass is 9.97. The second-order valence-corrected chi connectivity index (χ2v) is 14.6. The van der Waals surface area contributed by atoms with Crippen LogP contribution in [0.1, 0.15) is 0 Å². The van der Waals surface area contributed by atoms with Crippen molar-refractivity contribution >= 4 is 90.9 Å². The van der Waals surface area contributed by atoms with E-state index in [4.69, 9.17) is 0 Å². The number of benzene rings is 8. The molecule has 0 fully saturated rings. The van der Waals surface area contributed by atoms with Gasteiger partial charge in [0.2, 0.25) is 0 Å².